The first-order valence-electron chi connectivity index (χ1n) is 5.27. The van der Waals surface area contributed by atoms with Gasteiger partial charge in [-0.15, -0.1) is 5.10 Å². The van der Waals surface area contributed by atoms with E-state index in [1.165, 1.54) is 0 Å². The molecular weight excluding hydrogens is 216 g/mol. The van der Waals surface area contributed by atoms with E-state index in [2.05, 4.69) is 20.5 Å². The molecule has 1 fully saturated rings. The van der Waals surface area contributed by atoms with Crippen molar-refractivity contribution in [1.82, 2.24) is 20.5 Å². The lowest BCUT2D eigenvalue weighted by Crippen LogP contribution is -2.54. The minimum absolute atomic E-state index is 0.303. The molecule has 1 saturated heterocycles. The molecule has 0 aromatic carbocycles. The third-order valence-electron chi connectivity index (χ3n) is 2.54. The molecular formula is C9H15F2N5. The highest BCUT2D eigenvalue weighted by Gasteiger charge is 2.24. The fraction of sp³-hybridized carbons (Fsp3) is 0.778. The van der Waals surface area contributed by atoms with E-state index in [-0.39, 0.29) is 5.82 Å². The molecule has 1 aliphatic rings. The average Bonchev–Trinajstić information content (AvgIpc) is 2.64. The number of hydrogen-bond donors (Lipinski definition) is 2. The van der Waals surface area contributed by atoms with Gasteiger partial charge in [-0.2, -0.15) is 4.98 Å². The Kier molecular flexibility index (Phi) is 3.04. The molecule has 2 unspecified atom stereocenters. The van der Waals surface area contributed by atoms with Crippen molar-refractivity contribution in [3.05, 3.63) is 5.82 Å². The minimum atomic E-state index is -2.60. The standard InChI is InChI=1S/C9H15F2N5/c1-5-3-16(4-6(2)12-5)9-13-8(7(10)11)14-15-9/h5-7,12H,3-4H2,1-2H3,(H,13,14,15). The predicted molar refractivity (Wildman–Crippen MR) is 55.6 cm³/mol. The number of anilines is 1. The van der Waals surface area contributed by atoms with Crippen molar-refractivity contribution in [2.24, 2.45) is 0 Å². The smallest absolute Gasteiger partial charge is 0.296 e. The van der Waals surface area contributed by atoms with Gasteiger partial charge in [-0.05, 0) is 13.8 Å². The molecule has 0 aliphatic carbocycles. The first kappa shape index (κ1) is 11.3. The summed E-state index contributed by atoms with van der Waals surface area (Å²) >= 11 is 0. The summed E-state index contributed by atoms with van der Waals surface area (Å²) in [6.45, 7) is 5.54. The van der Waals surface area contributed by atoms with Crippen molar-refractivity contribution >= 4 is 5.95 Å². The molecule has 7 heteroatoms. The van der Waals surface area contributed by atoms with E-state index in [0.717, 1.165) is 13.1 Å². The van der Waals surface area contributed by atoms with E-state index < -0.39 is 6.43 Å². The van der Waals surface area contributed by atoms with Crippen molar-refractivity contribution in [2.45, 2.75) is 32.4 Å². The molecule has 2 atom stereocenters. The second-order valence-electron chi connectivity index (χ2n) is 4.20. The van der Waals surface area contributed by atoms with Crippen LogP contribution in [0.25, 0.3) is 0 Å². The summed E-state index contributed by atoms with van der Waals surface area (Å²) in [4.78, 5) is 5.69. The number of H-pyrrole nitrogens is 1. The van der Waals surface area contributed by atoms with E-state index in [0.29, 0.717) is 18.0 Å². The van der Waals surface area contributed by atoms with Gasteiger partial charge in [0, 0.05) is 25.2 Å². The van der Waals surface area contributed by atoms with Gasteiger partial charge in [0.15, 0.2) is 5.82 Å². The van der Waals surface area contributed by atoms with Crippen LogP contribution >= 0.6 is 0 Å². The highest BCUT2D eigenvalue weighted by molar-refractivity contribution is 5.30. The summed E-state index contributed by atoms with van der Waals surface area (Å²) in [5, 5.41) is 9.42. The van der Waals surface area contributed by atoms with Crippen LogP contribution in [0.4, 0.5) is 14.7 Å². The number of nitrogens with one attached hydrogen (secondary N) is 2. The molecule has 0 amide bonds. The first-order chi connectivity index (χ1) is 7.56. The van der Waals surface area contributed by atoms with Gasteiger partial charge in [0.2, 0.25) is 5.95 Å². The van der Waals surface area contributed by atoms with Gasteiger partial charge in [0.25, 0.3) is 6.43 Å². The largest absolute Gasteiger partial charge is 0.336 e. The highest BCUT2D eigenvalue weighted by atomic mass is 19.3. The fourth-order valence-electron chi connectivity index (χ4n) is 1.99. The molecule has 0 radical (unpaired) electrons. The Hall–Kier alpha value is -1.24. The van der Waals surface area contributed by atoms with Gasteiger partial charge in [-0.1, -0.05) is 0 Å². The number of rotatable bonds is 2. The summed E-state index contributed by atoms with van der Waals surface area (Å²) in [7, 11) is 0. The van der Waals surface area contributed by atoms with Crippen molar-refractivity contribution in [2.75, 3.05) is 18.0 Å². The number of alkyl halides is 2. The van der Waals surface area contributed by atoms with Crippen LogP contribution in [0.2, 0.25) is 0 Å². The van der Waals surface area contributed by atoms with Gasteiger partial charge in [-0.3, -0.25) is 5.10 Å². The van der Waals surface area contributed by atoms with E-state index in [1.807, 2.05) is 18.7 Å². The Bertz CT molecular complexity index is 343. The van der Waals surface area contributed by atoms with Crippen LogP contribution in [-0.2, 0) is 0 Å². The van der Waals surface area contributed by atoms with E-state index in [1.54, 1.807) is 0 Å². The summed E-state index contributed by atoms with van der Waals surface area (Å²) < 4.78 is 24.7. The zero-order valence-electron chi connectivity index (χ0n) is 9.24. The van der Waals surface area contributed by atoms with Gasteiger partial charge in [0.1, 0.15) is 0 Å². The maximum absolute atomic E-state index is 12.3. The molecule has 0 spiro atoms. The predicted octanol–water partition coefficient (Wildman–Crippen LogP) is 0.929. The van der Waals surface area contributed by atoms with Crippen molar-refractivity contribution in [3.8, 4) is 0 Å². The Balaban J connectivity index is 2.10. The molecule has 5 nitrogen and oxygen atoms in total. The van der Waals surface area contributed by atoms with Crippen LogP contribution in [0.3, 0.4) is 0 Å². The van der Waals surface area contributed by atoms with E-state index in [9.17, 15) is 8.78 Å². The van der Waals surface area contributed by atoms with Gasteiger partial charge < -0.3 is 10.2 Å². The number of piperazine rings is 1. The molecule has 16 heavy (non-hydrogen) atoms. The summed E-state index contributed by atoms with van der Waals surface area (Å²) in [6, 6.07) is 0.606. The number of nitrogens with zero attached hydrogens (tertiary/aromatic N) is 3. The third kappa shape index (κ3) is 2.29. The highest BCUT2D eigenvalue weighted by Crippen LogP contribution is 2.18. The van der Waals surface area contributed by atoms with Crippen LogP contribution in [0.15, 0.2) is 0 Å². The van der Waals surface area contributed by atoms with Crippen LogP contribution in [-0.4, -0.2) is 40.4 Å². The Morgan fingerprint density at radius 3 is 2.44 bits per heavy atom. The average molecular weight is 231 g/mol. The van der Waals surface area contributed by atoms with Crippen LogP contribution in [0, 0.1) is 0 Å². The lowest BCUT2D eigenvalue weighted by Gasteiger charge is -2.35. The normalized spacial score (nSPS) is 26.4. The van der Waals surface area contributed by atoms with Gasteiger partial charge in [0.05, 0.1) is 0 Å². The third-order valence-corrected chi connectivity index (χ3v) is 2.54. The number of aromatic amines is 1. The molecule has 2 heterocycles. The van der Waals surface area contributed by atoms with Crippen LogP contribution in [0.5, 0.6) is 0 Å². The Labute approximate surface area is 92.2 Å². The quantitative estimate of drug-likeness (QED) is 0.795. The number of hydrogen-bond acceptors (Lipinski definition) is 4. The summed E-state index contributed by atoms with van der Waals surface area (Å²) in [5.74, 6) is -0.00987. The first-order valence-corrected chi connectivity index (χ1v) is 5.27. The monoisotopic (exact) mass is 231 g/mol. The fourth-order valence-corrected chi connectivity index (χ4v) is 1.99. The topological polar surface area (TPSA) is 56.8 Å². The maximum Gasteiger partial charge on any atom is 0.296 e. The summed E-state index contributed by atoms with van der Waals surface area (Å²) in [6.07, 6.45) is -2.60. The van der Waals surface area contributed by atoms with Crippen LogP contribution in [0.1, 0.15) is 26.1 Å². The molecule has 0 bridgehead atoms. The SMILES string of the molecule is CC1CN(c2n[nH]c(C(F)F)n2)CC(C)N1. The Morgan fingerprint density at radius 2 is 1.94 bits per heavy atom. The molecule has 1 aliphatic heterocycles. The van der Waals surface area contributed by atoms with Crippen molar-refractivity contribution in [1.29, 1.82) is 0 Å². The second kappa shape index (κ2) is 4.32. The molecule has 2 N–H and O–H groups in total. The number of aromatic nitrogens is 3. The minimum Gasteiger partial charge on any atom is -0.336 e. The van der Waals surface area contributed by atoms with E-state index >= 15 is 0 Å². The number of halogens is 2. The lowest BCUT2D eigenvalue weighted by molar-refractivity contribution is 0.141. The molecule has 90 valence electrons. The molecule has 1 aromatic rings. The molecule has 0 saturated carbocycles. The zero-order valence-corrected chi connectivity index (χ0v) is 9.24. The van der Waals surface area contributed by atoms with Crippen molar-refractivity contribution < 1.29 is 8.78 Å². The summed E-state index contributed by atoms with van der Waals surface area (Å²) in [5.41, 5.74) is 0. The molecule has 2 rings (SSSR count). The second-order valence-corrected chi connectivity index (χ2v) is 4.20. The maximum atomic E-state index is 12.3. The van der Waals surface area contributed by atoms with Gasteiger partial charge >= 0.3 is 0 Å². The molecule has 1 aromatic heterocycles. The van der Waals surface area contributed by atoms with E-state index in [4.69, 9.17) is 0 Å². The van der Waals surface area contributed by atoms with Crippen molar-refractivity contribution in [3.63, 3.8) is 0 Å². The van der Waals surface area contributed by atoms with Crippen LogP contribution < -0.4 is 10.2 Å². The zero-order chi connectivity index (χ0) is 11.7. The van der Waals surface area contributed by atoms with Gasteiger partial charge in [-0.25, -0.2) is 8.78 Å². The lowest BCUT2D eigenvalue weighted by atomic mass is 10.1. The Morgan fingerprint density at radius 1 is 1.31 bits per heavy atom.